The molecular weight excluding hydrogens is 320 g/mol. The van der Waals surface area contributed by atoms with Crippen LogP contribution >= 0.6 is 0 Å². The van der Waals surface area contributed by atoms with Crippen LogP contribution in [0.5, 0.6) is 0 Å². The van der Waals surface area contributed by atoms with Crippen LogP contribution in [0.15, 0.2) is 23.3 Å². The first-order valence-electron chi connectivity index (χ1n) is 7.08. The van der Waals surface area contributed by atoms with Gasteiger partial charge in [-0.1, -0.05) is 13.8 Å². The highest BCUT2D eigenvalue weighted by Gasteiger charge is 2.21. The van der Waals surface area contributed by atoms with Crippen LogP contribution in [0.25, 0.3) is 0 Å². The summed E-state index contributed by atoms with van der Waals surface area (Å²) in [5, 5.41) is 34.6. The largest absolute Gasteiger partial charge is 0.481 e. The fourth-order valence-corrected chi connectivity index (χ4v) is 1.99. The summed E-state index contributed by atoms with van der Waals surface area (Å²) in [6.45, 7) is 5.25. The van der Waals surface area contributed by atoms with Crippen LogP contribution in [0.1, 0.15) is 27.2 Å². The van der Waals surface area contributed by atoms with Crippen molar-refractivity contribution in [3.63, 3.8) is 0 Å². The molecule has 0 bridgehead atoms. The van der Waals surface area contributed by atoms with Gasteiger partial charge in [-0.2, -0.15) is 5.10 Å². The van der Waals surface area contributed by atoms with E-state index in [0.717, 1.165) is 12.1 Å². The van der Waals surface area contributed by atoms with Crippen molar-refractivity contribution in [3.05, 3.63) is 38.4 Å². The first-order valence-corrected chi connectivity index (χ1v) is 7.08. The van der Waals surface area contributed by atoms with Crippen LogP contribution < -0.4 is 5.43 Å². The summed E-state index contributed by atoms with van der Waals surface area (Å²) < 4.78 is 0. The van der Waals surface area contributed by atoms with E-state index in [4.69, 9.17) is 5.11 Å². The predicted molar refractivity (Wildman–Crippen MR) is 87.1 cm³/mol. The Morgan fingerprint density at radius 1 is 1.29 bits per heavy atom. The maximum atomic E-state index is 11.0. The molecule has 0 saturated heterocycles. The number of carboxylic acid groups (broad SMARTS) is 1. The molecule has 1 aromatic carbocycles. The average Bonchev–Trinajstić information content (AvgIpc) is 2.50. The van der Waals surface area contributed by atoms with Gasteiger partial charge in [0, 0.05) is 18.2 Å². The monoisotopic (exact) mass is 338 g/mol. The number of benzene rings is 1. The van der Waals surface area contributed by atoms with Crippen LogP contribution in [0.3, 0.4) is 0 Å². The second-order valence-corrected chi connectivity index (χ2v) is 5.44. The van der Waals surface area contributed by atoms with E-state index < -0.39 is 27.2 Å². The molecule has 0 aliphatic carbocycles. The number of non-ortho nitro benzene ring substituents is 1. The van der Waals surface area contributed by atoms with Crippen molar-refractivity contribution in [1.29, 1.82) is 0 Å². The highest BCUT2D eigenvalue weighted by molar-refractivity contribution is 5.85. The molecule has 10 heteroatoms. The number of carbonyl (C=O) groups is 1. The van der Waals surface area contributed by atoms with E-state index in [0.29, 0.717) is 5.71 Å². The Labute approximate surface area is 137 Å². The lowest BCUT2D eigenvalue weighted by Crippen LogP contribution is -2.20. The maximum absolute atomic E-state index is 11.0. The van der Waals surface area contributed by atoms with E-state index >= 15 is 0 Å². The minimum absolute atomic E-state index is 0.0167. The highest BCUT2D eigenvalue weighted by Crippen LogP contribution is 2.29. The molecule has 0 saturated carbocycles. The van der Waals surface area contributed by atoms with Gasteiger partial charge in [0.15, 0.2) is 0 Å². The highest BCUT2D eigenvalue weighted by atomic mass is 16.6. The Hall–Kier alpha value is -3.04. The number of hydrazone groups is 1. The van der Waals surface area contributed by atoms with Gasteiger partial charge in [0.05, 0.1) is 15.9 Å². The third-order valence-corrected chi connectivity index (χ3v) is 3.75. The number of carboxylic acids is 1. The summed E-state index contributed by atoms with van der Waals surface area (Å²) in [7, 11) is 0. The lowest BCUT2D eigenvalue weighted by atomic mass is 9.89. The van der Waals surface area contributed by atoms with Crippen molar-refractivity contribution in [2.45, 2.75) is 27.2 Å². The van der Waals surface area contributed by atoms with E-state index in [1.807, 2.05) is 0 Å². The van der Waals surface area contributed by atoms with Crippen LogP contribution in [0, 0.1) is 32.1 Å². The first-order chi connectivity index (χ1) is 11.1. The van der Waals surface area contributed by atoms with Crippen LogP contribution in [-0.2, 0) is 4.79 Å². The summed E-state index contributed by atoms with van der Waals surface area (Å²) >= 11 is 0. The maximum Gasteiger partial charge on any atom is 0.303 e. The van der Waals surface area contributed by atoms with E-state index in [9.17, 15) is 25.0 Å². The fourth-order valence-electron chi connectivity index (χ4n) is 1.99. The van der Waals surface area contributed by atoms with Gasteiger partial charge in [-0.15, -0.1) is 0 Å². The molecule has 0 heterocycles. The zero-order valence-electron chi connectivity index (χ0n) is 13.4. The Morgan fingerprint density at radius 3 is 2.42 bits per heavy atom. The lowest BCUT2D eigenvalue weighted by Gasteiger charge is -2.18. The minimum Gasteiger partial charge on any atom is -0.481 e. The quantitative estimate of drug-likeness (QED) is 0.420. The molecule has 0 aromatic heterocycles. The zero-order valence-corrected chi connectivity index (χ0v) is 13.4. The standard InChI is InChI=1S/C14H18N4O6/c1-8(6-14(19)20)9(2)10(3)15-16-12-5-4-11(17(21)22)7-13(12)18(23)24/h4-5,7-9,16H,6H2,1-3H3,(H,19,20). The van der Waals surface area contributed by atoms with E-state index in [1.165, 1.54) is 6.07 Å². The Morgan fingerprint density at radius 2 is 1.92 bits per heavy atom. The molecular formula is C14H18N4O6. The molecule has 0 spiro atoms. The second kappa shape index (κ2) is 7.99. The zero-order chi connectivity index (χ0) is 18.4. The number of aliphatic carboxylic acids is 1. The number of anilines is 1. The number of nitro benzene ring substituents is 2. The van der Waals surface area contributed by atoms with Gasteiger partial charge in [-0.25, -0.2) is 0 Å². The Balaban J connectivity index is 2.98. The van der Waals surface area contributed by atoms with Crippen LogP contribution in [0.2, 0.25) is 0 Å². The second-order valence-electron chi connectivity index (χ2n) is 5.44. The molecule has 1 rings (SSSR count). The third-order valence-electron chi connectivity index (χ3n) is 3.75. The van der Waals surface area contributed by atoms with E-state index in [1.54, 1.807) is 20.8 Å². The lowest BCUT2D eigenvalue weighted by molar-refractivity contribution is -0.393. The number of hydrogen-bond donors (Lipinski definition) is 2. The summed E-state index contributed by atoms with van der Waals surface area (Å²) in [5.74, 6) is -1.24. The molecule has 2 unspecified atom stereocenters. The van der Waals surface area contributed by atoms with Gasteiger partial charge in [0.1, 0.15) is 5.69 Å². The Bertz CT molecular complexity index is 688. The number of rotatable bonds is 8. The van der Waals surface area contributed by atoms with Crippen molar-refractivity contribution in [1.82, 2.24) is 0 Å². The van der Waals surface area contributed by atoms with Crippen LogP contribution in [-0.4, -0.2) is 26.6 Å². The average molecular weight is 338 g/mol. The topological polar surface area (TPSA) is 148 Å². The minimum atomic E-state index is -0.916. The van der Waals surface area contributed by atoms with Crippen LogP contribution in [0.4, 0.5) is 17.1 Å². The number of hydrogen-bond acceptors (Lipinski definition) is 7. The summed E-state index contributed by atoms with van der Waals surface area (Å²) in [6.07, 6.45) is -0.0221. The van der Waals surface area contributed by atoms with Gasteiger partial charge in [-0.3, -0.25) is 30.4 Å². The number of nitrogens with one attached hydrogen (secondary N) is 1. The molecule has 0 radical (unpaired) electrons. The Kier molecular flexibility index (Phi) is 6.33. The van der Waals surface area contributed by atoms with Crippen molar-refractivity contribution in [3.8, 4) is 0 Å². The molecule has 130 valence electrons. The van der Waals surface area contributed by atoms with Crippen molar-refractivity contribution >= 4 is 28.7 Å². The molecule has 0 fully saturated rings. The van der Waals surface area contributed by atoms with Gasteiger partial charge >= 0.3 is 11.7 Å². The summed E-state index contributed by atoms with van der Waals surface area (Å²) in [4.78, 5) is 31.0. The smallest absolute Gasteiger partial charge is 0.303 e. The van der Waals surface area contributed by atoms with E-state index in [2.05, 4.69) is 10.5 Å². The summed E-state index contributed by atoms with van der Waals surface area (Å²) in [5.41, 5.74) is 2.25. The van der Waals surface area contributed by atoms with E-state index in [-0.39, 0.29) is 23.9 Å². The molecule has 24 heavy (non-hydrogen) atoms. The fraction of sp³-hybridized carbons (Fsp3) is 0.429. The van der Waals surface area contributed by atoms with Crippen molar-refractivity contribution in [2.75, 3.05) is 5.43 Å². The number of nitrogens with zero attached hydrogens (tertiary/aromatic N) is 3. The molecule has 0 aliphatic rings. The summed E-state index contributed by atoms with van der Waals surface area (Å²) in [6, 6.07) is 3.19. The van der Waals surface area contributed by atoms with Gasteiger partial charge in [0.2, 0.25) is 0 Å². The first kappa shape index (κ1) is 19.0. The van der Waals surface area contributed by atoms with Gasteiger partial charge in [-0.05, 0) is 24.8 Å². The molecule has 0 aliphatic heterocycles. The predicted octanol–water partition coefficient (Wildman–Crippen LogP) is 3.04. The van der Waals surface area contributed by atoms with Crippen molar-refractivity contribution < 1.29 is 19.7 Å². The molecule has 2 N–H and O–H groups in total. The number of nitro groups is 2. The van der Waals surface area contributed by atoms with Gasteiger partial charge < -0.3 is 5.11 Å². The normalized spacial score (nSPS) is 13.9. The molecule has 2 atom stereocenters. The molecule has 1 aromatic rings. The third kappa shape index (κ3) is 5.00. The SMILES string of the molecule is CC(=NNc1ccc([N+](=O)[O-])cc1[N+](=O)[O-])C(C)C(C)CC(=O)O. The molecule has 0 amide bonds. The van der Waals surface area contributed by atoms with Crippen molar-refractivity contribution in [2.24, 2.45) is 16.9 Å². The molecule has 10 nitrogen and oxygen atoms in total. The van der Waals surface area contributed by atoms with Gasteiger partial charge in [0.25, 0.3) is 5.69 Å².